The first-order valence-electron chi connectivity index (χ1n) is 9.16. The van der Waals surface area contributed by atoms with Gasteiger partial charge in [0.2, 0.25) is 0 Å². The summed E-state index contributed by atoms with van der Waals surface area (Å²) in [6, 6.07) is 7.00. The molecule has 6 heteroatoms. The van der Waals surface area contributed by atoms with Crippen molar-refractivity contribution in [1.82, 2.24) is 14.8 Å². The number of nitrogens with zero attached hydrogens (tertiary/aromatic N) is 3. The molecule has 2 N–H and O–H groups in total. The molecule has 0 bridgehead atoms. The van der Waals surface area contributed by atoms with Crippen LogP contribution in [0.2, 0.25) is 0 Å². The molecule has 2 aliphatic rings. The molecule has 1 aromatic heterocycles. The monoisotopic (exact) mass is 354 g/mol. The Labute approximate surface area is 152 Å². The zero-order valence-corrected chi connectivity index (χ0v) is 14.7. The van der Waals surface area contributed by atoms with Crippen molar-refractivity contribution in [2.75, 3.05) is 31.9 Å². The number of rotatable bonds is 3. The SMILES string of the molecule is Nc1cnccc1-c1ccc(C(=O)N2CCN(C3CCC3)CC2)cc1F. The number of nitrogen functional groups attached to an aromatic ring is 1. The Kier molecular flexibility index (Phi) is 4.59. The van der Waals surface area contributed by atoms with E-state index in [9.17, 15) is 9.18 Å². The van der Waals surface area contributed by atoms with Gasteiger partial charge in [-0.2, -0.15) is 0 Å². The first-order valence-corrected chi connectivity index (χ1v) is 9.16. The number of nitrogens with two attached hydrogens (primary N) is 1. The van der Waals surface area contributed by atoms with E-state index in [1.165, 1.54) is 31.5 Å². The first-order chi connectivity index (χ1) is 12.6. The lowest BCUT2D eigenvalue weighted by Gasteiger charge is -2.42. The summed E-state index contributed by atoms with van der Waals surface area (Å²) in [5, 5.41) is 0. The molecule has 0 radical (unpaired) electrons. The third-order valence-electron chi connectivity index (χ3n) is 5.55. The lowest BCUT2D eigenvalue weighted by molar-refractivity contribution is 0.0455. The number of piperazine rings is 1. The maximum Gasteiger partial charge on any atom is 0.254 e. The third-order valence-corrected chi connectivity index (χ3v) is 5.55. The molecule has 1 aromatic carbocycles. The Hall–Kier alpha value is -2.47. The zero-order chi connectivity index (χ0) is 18.1. The highest BCUT2D eigenvalue weighted by Gasteiger charge is 2.29. The van der Waals surface area contributed by atoms with Crippen LogP contribution in [0, 0.1) is 5.82 Å². The molecule has 1 amide bonds. The molecule has 1 saturated carbocycles. The lowest BCUT2D eigenvalue weighted by atomic mass is 9.91. The van der Waals surface area contributed by atoms with E-state index in [-0.39, 0.29) is 5.91 Å². The molecular weight excluding hydrogens is 331 g/mol. The van der Waals surface area contributed by atoms with E-state index in [1.54, 1.807) is 24.4 Å². The van der Waals surface area contributed by atoms with Crippen molar-refractivity contribution < 1.29 is 9.18 Å². The normalized spacial score (nSPS) is 18.6. The Balaban J connectivity index is 1.47. The summed E-state index contributed by atoms with van der Waals surface area (Å²) < 4.78 is 14.6. The summed E-state index contributed by atoms with van der Waals surface area (Å²) >= 11 is 0. The van der Waals surface area contributed by atoms with E-state index in [1.807, 2.05) is 4.90 Å². The second-order valence-corrected chi connectivity index (χ2v) is 7.07. The molecule has 1 aliphatic carbocycles. The van der Waals surface area contributed by atoms with Crippen molar-refractivity contribution in [2.24, 2.45) is 0 Å². The fraction of sp³-hybridized carbons (Fsp3) is 0.400. The van der Waals surface area contributed by atoms with Crippen LogP contribution in [0.4, 0.5) is 10.1 Å². The van der Waals surface area contributed by atoms with Crippen molar-refractivity contribution >= 4 is 11.6 Å². The standard InChI is InChI=1S/C20H23FN4O/c21-18-12-14(4-5-16(18)17-6-7-23-13-19(17)22)20(26)25-10-8-24(9-11-25)15-2-1-3-15/h4-7,12-13,15H,1-3,8-11,22H2. The molecular formula is C20H23FN4O. The van der Waals surface area contributed by atoms with Gasteiger partial charge in [-0.3, -0.25) is 14.7 Å². The number of anilines is 1. The van der Waals surface area contributed by atoms with Gasteiger partial charge in [-0.1, -0.05) is 12.5 Å². The van der Waals surface area contributed by atoms with E-state index < -0.39 is 5.82 Å². The summed E-state index contributed by atoms with van der Waals surface area (Å²) in [6.45, 7) is 3.22. The van der Waals surface area contributed by atoms with Crippen LogP contribution in [-0.4, -0.2) is 52.9 Å². The van der Waals surface area contributed by atoms with Crippen molar-refractivity contribution in [3.63, 3.8) is 0 Å². The van der Waals surface area contributed by atoms with Crippen LogP contribution in [0.15, 0.2) is 36.7 Å². The Morgan fingerprint density at radius 1 is 1.12 bits per heavy atom. The van der Waals surface area contributed by atoms with Crippen LogP contribution < -0.4 is 5.73 Å². The molecule has 0 spiro atoms. The average Bonchev–Trinajstić information content (AvgIpc) is 2.61. The minimum absolute atomic E-state index is 0.105. The van der Waals surface area contributed by atoms with Crippen molar-refractivity contribution in [2.45, 2.75) is 25.3 Å². The summed E-state index contributed by atoms with van der Waals surface area (Å²) in [7, 11) is 0. The number of aromatic nitrogens is 1. The number of pyridine rings is 1. The summed E-state index contributed by atoms with van der Waals surface area (Å²) in [5.41, 5.74) is 7.65. The van der Waals surface area contributed by atoms with Crippen LogP contribution in [0.5, 0.6) is 0 Å². The Morgan fingerprint density at radius 3 is 2.50 bits per heavy atom. The number of carbonyl (C=O) groups is 1. The Morgan fingerprint density at radius 2 is 1.88 bits per heavy atom. The summed E-state index contributed by atoms with van der Waals surface area (Å²) in [4.78, 5) is 21.0. The van der Waals surface area contributed by atoms with Gasteiger partial charge in [-0.05, 0) is 31.0 Å². The van der Waals surface area contributed by atoms with Crippen molar-refractivity contribution in [1.29, 1.82) is 0 Å². The second-order valence-electron chi connectivity index (χ2n) is 7.07. The molecule has 1 aliphatic heterocycles. The number of amides is 1. The largest absolute Gasteiger partial charge is 0.397 e. The molecule has 136 valence electrons. The van der Waals surface area contributed by atoms with Crippen LogP contribution in [0.3, 0.4) is 0 Å². The highest BCUT2D eigenvalue weighted by Crippen LogP contribution is 2.29. The highest BCUT2D eigenvalue weighted by molar-refractivity contribution is 5.95. The molecule has 2 heterocycles. The quantitative estimate of drug-likeness (QED) is 0.921. The minimum atomic E-state index is -0.443. The maximum atomic E-state index is 14.6. The van der Waals surface area contributed by atoms with Gasteiger partial charge in [0.25, 0.3) is 5.91 Å². The third kappa shape index (κ3) is 3.17. The van der Waals surface area contributed by atoms with Crippen molar-refractivity contribution in [3.8, 4) is 11.1 Å². The second kappa shape index (κ2) is 7.03. The van der Waals surface area contributed by atoms with Gasteiger partial charge in [0.1, 0.15) is 5.82 Å². The van der Waals surface area contributed by atoms with Crippen LogP contribution in [0.25, 0.3) is 11.1 Å². The zero-order valence-electron chi connectivity index (χ0n) is 14.7. The molecule has 5 nitrogen and oxygen atoms in total. The summed E-state index contributed by atoms with van der Waals surface area (Å²) in [6.07, 6.45) is 6.94. The molecule has 2 fully saturated rings. The number of benzene rings is 1. The first kappa shape index (κ1) is 17.0. The van der Waals surface area contributed by atoms with Crippen LogP contribution in [0.1, 0.15) is 29.6 Å². The predicted octanol–water partition coefficient (Wildman–Crippen LogP) is 2.78. The Bertz CT molecular complexity index is 813. The molecule has 1 saturated heterocycles. The smallest absolute Gasteiger partial charge is 0.254 e. The van der Waals surface area contributed by atoms with Gasteiger partial charge in [0, 0.05) is 55.1 Å². The van der Waals surface area contributed by atoms with Crippen LogP contribution >= 0.6 is 0 Å². The fourth-order valence-corrected chi connectivity index (χ4v) is 3.74. The van der Waals surface area contributed by atoms with Gasteiger partial charge in [-0.15, -0.1) is 0 Å². The lowest BCUT2D eigenvalue weighted by Crippen LogP contribution is -2.53. The minimum Gasteiger partial charge on any atom is -0.397 e. The van der Waals surface area contributed by atoms with E-state index in [0.717, 1.165) is 13.1 Å². The maximum absolute atomic E-state index is 14.6. The van der Waals surface area contributed by atoms with Gasteiger partial charge >= 0.3 is 0 Å². The summed E-state index contributed by atoms with van der Waals surface area (Å²) in [5.74, 6) is -0.548. The van der Waals surface area contributed by atoms with Gasteiger partial charge in [-0.25, -0.2) is 4.39 Å². The number of carbonyl (C=O) groups excluding carboxylic acids is 1. The highest BCUT2D eigenvalue weighted by atomic mass is 19.1. The number of hydrogen-bond donors (Lipinski definition) is 1. The topological polar surface area (TPSA) is 62.5 Å². The molecule has 2 aromatic rings. The predicted molar refractivity (Wildman–Crippen MR) is 99.2 cm³/mol. The fourth-order valence-electron chi connectivity index (χ4n) is 3.74. The average molecular weight is 354 g/mol. The van der Waals surface area contributed by atoms with E-state index >= 15 is 0 Å². The molecule has 0 atom stereocenters. The van der Waals surface area contributed by atoms with Gasteiger partial charge in [0.15, 0.2) is 0 Å². The van der Waals surface area contributed by atoms with E-state index in [0.29, 0.717) is 41.5 Å². The molecule has 4 rings (SSSR count). The van der Waals surface area contributed by atoms with Crippen molar-refractivity contribution in [3.05, 3.63) is 48.0 Å². The van der Waals surface area contributed by atoms with E-state index in [2.05, 4.69) is 9.88 Å². The molecule has 0 unspecified atom stereocenters. The number of halogens is 1. The van der Waals surface area contributed by atoms with Gasteiger partial charge < -0.3 is 10.6 Å². The number of hydrogen-bond acceptors (Lipinski definition) is 4. The van der Waals surface area contributed by atoms with Crippen LogP contribution in [-0.2, 0) is 0 Å². The van der Waals surface area contributed by atoms with Gasteiger partial charge in [0.05, 0.1) is 11.9 Å². The van der Waals surface area contributed by atoms with E-state index in [4.69, 9.17) is 5.73 Å². The molecule has 26 heavy (non-hydrogen) atoms.